The molecule has 22 heavy (non-hydrogen) atoms. The summed E-state index contributed by atoms with van der Waals surface area (Å²) >= 11 is 0. The van der Waals surface area contributed by atoms with Gasteiger partial charge in [0, 0.05) is 22.7 Å². The van der Waals surface area contributed by atoms with E-state index in [1.165, 1.54) is 26.2 Å². The van der Waals surface area contributed by atoms with E-state index in [2.05, 4.69) is 9.72 Å². The summed E-state index contributed by atoms with van der Waals surface area (Å²) < 4.78 is 49.6. The van der Waals surface area contributed by atoms with Gasteiger partial charge < -0.3 is 19.6 Å². The zero-order chi connectivity index (χ0) is 16.5. The van der Waals surface area contributed by atoms with Gasteiger partial charge in [0.2, 0.25) is 0 Å². The fourth-order valence-electron chi connectivity index (χ4n) is 2.22. The monoisotopic (exact) mass is 317 g/mol. The molecule has 0 saturated heterocycles. The van der Waals surface area contributed by atoms with Crippen LogP contribution in [0.4, 0.5) is 13.2 Å². The van der Waals surface area contributed by atoms with Crippen LogP contribution in [0.5, 0.6) is 5.75 Å². The Morgan fingerprint density at radius 3 is 2.59 bits per heavy atom. The first kappa shape index (κ1) is 16.2. The maximum Gasteiger partial charge on any atom is 0.432 e. The molecular weight excluding hydrogens is 303 g/mol. The number of carbonyl (C=O) groups is 1. The molecule has 0 radical (unpaired) electrons. The van der Waals surface area contributed by atoms with Gasteiger partial charge in [0.15, 0.2) is 0 Å². The second kappa shape index (κ2) is 5.53. The Hall–Kier alpha value is -2.22. The van der Waals surface area contributed by atoms with Gasteiger partial charge in [0.05, 0.1) is 13.7 Å². The molecule has 2 rings (SSSR count). The van der Waals surface area contributed by atoms with Gasteiger partial charge in [-0.3, -0.25) is 0 Å². The molecule has 0 aliphatic rings. The zero-order valence-corrected chi connectivity index (χ0v) is 11.8. The molecule has 8 heteroatoms. The number of carbonyl (C=O) groups excluding carboxylic acids is 1. The summed E-state index contributed by atoms with van der Waals surface area (Å²) in [6.07, 6.45) is -4.33. The number of methoxy groups -OCH3 is 1. The minimum Gasteiger partial charge on any atom is -0.496 e. The molecule has 0 aliphatic carbocycles. The molecule has 1 atom stereocenters. The van der Waals surface area contributed by atoms with Gasteiger partial charge in [-0.15, -0.1) is 0 Å². The van der Waals surface area contributed by atoms with Crippen LogP contribution >= 0.6 is 0 Å². The zero-order valence-electron chi connectivity index (χ0n) is 11.8. The topological polar surface area (TPSA) is 71.5 Å². The molecule has 5 nitrogen and oxygen atoms in total. The minimum absolute atomic E-state index is 0.0297. The molecule has 2 N–H and O–H groups in total. The summed E-state index contributed by atoms with van der Waals surface area (Å²) in [5.74, 6) is -1.69. The Labute approximate surface area is 123 Å². The highest BCUT2D eigenvalue weighted by molar-refractivity contribution is 5.95. The molecule has 120 valence electrons. The van der Waals surface area contributed by atoms with Crippen LogP contribution in [0.1, 0.15) is 12.5 Å². The number of alkyl halides is 3. The third-order valence-corrected chi connectivity index (χ3v) is 3.26. The number of aromatic amines is 1. The van der Waals surface area contributed by atoms with E-state index in [4.69, 9.17) is 4.74 Å². The van der Waals surface area contributed by atoms with E-state index in [0.29, 0.717) is 5.52 Å². The number of fused-ring (bicyclic) bond motifs is 1. The summed E-state index contributed by atoms with van der Waals surface area (Å²) in [4.78, 5) is 14.4. The number of benzene rings is 1. The minimum atomic E-state index is -5.25. The van der Waals surface area contributed by atoms with E-state index in [1.54, 1.807) is 6.07 Å². The third-order valence-electron chi connectivity index (χ3n) is 3.26. The van der Waals surface area contributed by atoms with Gasteiger partial charge in [-0.2, -0.15) is 13.2 Å². The van der Waals surface area contributed by atoms with E-state index in [9.17, 15) is 23.1 Å². The number of esters is 1. The van der Waals surface area contributed by atoms with Crippen LogP contribution in [0, 0.1) is 0 Å². The van der Waals surface area contributed by atoms with Crippen LogP contribution in [0.3, 0.4) is 0 Å². The smallest absolute Gasteiger partial charge is 0.432 e. The average Bonchev–Trinajstić information content (AvgIpc) is 2.89. The Balaban J connectivity index is 2.76. The lowest BCUT2D eigenvalue weighted by atomic mass is 9.92. The van der Waals surface area contributed by atoms with Crippen LogP contribution in [-0.4, -0.2) is 36.0 Å². The van der Waals surface area contributed by atoms with E-state index >= 15 is 0 Å². The summed E-state index contributed by atoms with van der Waals surface area (Å²) in [6.45, 7) is 1.06. The van der Waals surface area contributed by atoms with Gasteiger partial charge in [-0.1, -0.05) is 6.07 Å². The molecule has 1 heterocycles. The van der Waals surface area contributed by atoms with Crippen molar-refractivity contribution in [2.45, 2.75) is 18.7 Å². The highest BCUT2D eigenvalue weighted by Gasteiger charge is 2.63. The normalized spacial score (nSPS) is 14.6. The molecule has 0 spiro atoms. The lowest BCUT2D eigenvalue weighted by Crippen LogP contribution is -2.50. The highest BCUT2D eigenvalue weighted by atomic mass is 19.4. The van der Waals surface area contributed by atoms with Gasteiger partial charge >= 0.3 is 12.1 Å². The standard InChI is InChI=1S/C14H14F3NO4/c1-3-22-12(19)13(20,14(15,16)17)8-7-18-9-5-4-6-10(21-2)11(8)9/h4-7,18,20H,3H2,1-2H3/t13-/m1/s1. The van der Waals surface area contributed by atoms with Crippen molar-refractivity contribution in [3.8, 4) is 5.75 Å². The summed E-state index contributed by atoms with van der Waals surface area (Å²) in [5, 5.41) is 10.1. The number of aromatic nitrogens is 1. The number of hydrogen-bond acceptors (Lipinski definition) is 4. The van der Waals surface area contributed by atoms with E-state index in [-0.39, 0.29) is 17.7 Å². The van der Waals surface area contributed by atoms with Gasteiger partial charge in [0.1, 0.15) is 5.75 Å². The highest BCUT2D eigenvalue weighted by Crippen LogP contribution is 2.44. The summed E-state index contributed by atoms with van der Waals surface area (Å²) in [7, 11) is 1.28. The van der Waals surface area contributed by atoms with Crippen molar-refractivity contribution in [1.29, 1.82) is 0 Å². The van der Waals surface area contributed by atoms with Crippen molar-refractivity contribution in [2.24, 2.45) is 0 Å². The van der Waals surface area contributed by atoms with Crippen LogP contribution in [0.25, 0.3) is 10.9 Å². The van der Waals surface area contributed by atoms with E-state index in [0.717, 1.165) is 6.20 Å². The van der Waals surface area contributed by atoms with E-state index < -0.39 is 23.3 Å². The van der Waals surface area contributed by atoms with Crippen molar-refractivity contribution < 1.29 is 32.5 Å². The Bertz CT molecular complexity index is 695. The molecule has 0 bridgehead atoms. The fourth-order valence-corrected chi connectivity index (χ4v) is 2.22. The van der Waals surface area contributed by atoms with E-state index in [1.807, 2.05) is 0 Å². The number of ether oxygens (including phenoxy) is 2. The maximum atomic E-state index is 13.4. The number of aliphatic hydroxyl groups is 1. The van der Waals surface area contributed by atoms with Gasteiger partial charge in [-0.25, -0.2) is 4.79 Å². The molecule has 0 fully saturated rings. The Kier molecular flexibility index (Phi) is 4.06. The molecule has 0 saturated carbocycles. The van der Waals surface area contributed by atoms with Crippen molar-refractivity contribution in [3.63, 3.8) is 0 Å². The number of halogens is 3. The van der Waals surface area contributed by atoms with Crippen LogP contribution < -0.4 is 4.74 Å². The lowest BCUT2D eigenvalue weighted by Gasteiger charge is -2.28. The maximum absolute atomic E-state index is 13.4. The van der Waals surface area contributed by atoms with Crippen molar-refractivity contribution in [1.82, 2.24) is 4.98 Å². The lowest BCUT2D eigenvalue weighted by molar-refractivity contribution is -0.267. The average molecular weight is 317 g/mol. The van der Waals surface area contributed by atoms with Crippen LogP contribution in [-0.2, 0) is 15.1 Å². The Morgan fingerprint density at radius 2 is 2.05 bits per heavy atom. The first-order chi connectivity index (χ1) is 10.3. The SMILES string of the molecule is CCOC(=O)[C@](O)(c1c[nH]c2cccc(OC)c12)C(F)(F)F. The second-order valence-electron chi connectivity index (χ2n) is 4.51. The number of hydrogen-bond donors (Lipinski definition) is 2. The number of H-pyrrole nitrogens is 1. The van der Waals surface area contributed by atoms with Crippen LogP contribution in [0.2, 0.25) is 0 Å². The van der Waals surface area contributed by atoms with Crippen LogP contribution in [0.15, 0.2) is 24.4 Å². The summed E-state index contributed by atoms with van der Waals surface area (Å²) in [6, 6.07) is 4.50. The largest absolute Gasteiger partial charge is 0.496 e. The number of nitrogens with one attached hydrogen (secondary N) is 1. The van der Waals surface area contributed by atoms with Crippen molar-refractivity contribution in [2.75, 3.05) is 13.7 Å². The Morgan fingerprint density at radius 1 is 1.36 bits per heavy atom. The molecular formula is C14H14F3NO4. The predicted octanol–water partition coefficient (Wildman–Crippen LogP) is 2.49. The molecule has 0 unspecified atom stereocenters. The third kappa shape index (κ3) is 2.29. The van der Waals surface area contributed by atoms with Gasteiger partial charge in [0.25, 0.3) is 5.60 Å². The molecule has 1 aromatic heterocycles. The first-order valence-corrected chi connectivity index (χ1v) is 6.38. The second-order valence-corrected chi connectivity index (χ2v) is 4.51. The van der Waals surface area contributed by atoms with Crippen molar-refractivity contribution in [3.05, 3.63) is 30.0 Å². The molecule has 2 aromatic rings. The predicted molar refractivity (Wildman–Crippen MR) is 71.4 cm³/mol. The molecule has 1 aromatic carbocycles. The van der Waals surface area contributed by atoms with Gasteiger partial charge in [-0.05, 0) is 19.1 Å². The number of rotatable bonds is 4. The first-order valence-electron chi connectivity index (χ1n) is 6.38. The molecule has 0 aliphatic heterocycles. The molecule has 0 amide bonds. The fraction of sp³-hybridized carbons (Fsp3) is 0.357. The van der Waals surface area contributed by atoms with Crippen molar-refractivity contribution >= 4 is 16.9 Å². The quantitative estimate of drug-likeness (QED) is 0.850. The summed E-state index contributed by atoms with van der Waals surface area (Å²) in [5.41, 5.74) is -4.15.